The van der Waals surface area contributed by atoms with Gasteiger partial charge in [-0.15, -0.1) is 0 Å². The molecule has 4 aromatic rings. The summed E-state index contributed by atoms with van der Waals surface area (Å²) in [6, 6.07) is 24.8. The lowest BCUT2D eigenvalue weighted by Crippen LogP contribution is -2.11. The molecule has 27 heavy (non-hydrogen) atoms. The Kier molecular flexibility index (Phi) is 4.68. The maximum Gasteiger partial charge on any atom is 0.268 e. The molecule has 4 rings (SSSR count). The summed E-state index contributed by atoms with van der Waals surface area (Å²) in [5.41, 5.74) is 1.44. The molecule has 0 bridgehead atoms. The fourth-order valence-corrected chi connectivity index (χ4v) is 5.57. The van der Waals surface area contributed by atoms with Crippen molar-refractivity contribution < 1.29 is 12.6 Å². The van der Waals surface area contributed by atoms with Crippen molar-refractivity contribution in [1.82, 2.24) is 3.97 Å². The molecule has 0 N–H and O–H groups in total. The average Bonchev–Trinajstić information content (AvgIpc) is 3.15. The largest absolute Gasteiger partial charge is 0.268 e. The molecule has 0 saturated carbocycles. The third-order valence-electron chi connectivity index (χ3n) is 4.38. The van der Waals surface area contributed by atoms with Gasteiger partial charge >= 0.3 is 0 Å². The van der Waals surface area contributed by atoms with Gasteiger partial charge in [0.1, 0.15) is 0 Å². The van der Waals surface area contributed by atoms with Crippen LogP contribution < -0.4 is 0 Å². The van der Waals surface area contributed by atoms with Gasteiger partial charge in [0.05, 0.1) is 27.0 Å². The summed E-state index contributed by atoms with van der Waals surface area (Å²) in [4.78, 5) is 0.992. The molecule has 0 spiro atoms. The molecule has 0 amide bonds. The van der Waals surface area contributed by atoms with Gasteiger partial charge in [-0.2, -0.15) is 0 Å². The Morgan fingerprint density at radius 1 is 0.778 bits per heavy atom. The fourth-order valence-electron chi connectivity index (χ4n) is 3.04. The summed E-state index contributed by atoms with van der Waals surface area (Å²) >= 11 is 0. The maximum atomic E-state index is 13.0. The third-order valence-corrected chi connectivity index (χ3v) is 7.46. The molecule has 3 aromatic carbocycles. The van der Waals surface area contributed by atoms with Gasteiger partial charge < -0.3 is 0 Å². The van der Waals surface area contributed by atoms with Crippen LogP contribution in [0.1, 0.15) is 5.56 Å². The van der Waals surface area contributed by atoms with E-state index in [1.807, 2.05) is 36.4 Å². The molecule has 6 heteroatoms. The quantitative estimate of drug-likeness (QED) is 0.509. The van der Waals surface area contributed by atoms with Crippen LogP contribution in [0.5, 0.6) is 0 Å². The highest BCUT2D eigenvalue weighted by Crippen LogP contribution is 2.26. The number of hydrogen-bond acceptors (Lipinski definition) is 3. The van der Waals surface area contributed by atoms with Gasteiger partial charge in [0.15, 0.2) is 0 Å². The Bertz CT molecular complexity index is 1210. The molecular formula is C21H17NO3S2. The van der Waals surface area contributed by atoms with Gasteiger partial charge in [0.25, 0.3) is 10.0 Å². The Hall–Kier alpha value is -2.70. The first-order valence-corrected chi connectivity index (χ1v) is 11.2. The zero-order valence-electron chi connectivity index (χ0n) is 14.4. The van der Waals surface area contributed by atoms with Crippen molar-refractivity contribution in [2.75, 3.05) is 0 Å². The van der Waals surface area contributed by atoms with Crippen LogP contribution in [0.3, 0.4) is 0 Å². The van der Waals surface area contributed by atoms with E-state index in [0.29, 0.717) is 11.3 Å². The number of fused-ring (bicyclic) bond motifs is 1. The summed E-state index contributed by atoms with van der Waals surface area (Å²) in [7, 11) is -4.88. The van der Waals surface area contributed by atoms with Crippen LogP contribution in [-0.2, 0) is 26.6 Å². The van der Waals surface area contributed by atoms with Gasteiger partial charge in [0.2, 0.25) is 0 Å². The van der Waals surface area contributed by atoms with E-state index in [2.05, 4.69) is 0 Å². The van der Waals surface area contributed by atoms with Gasteiger partial charge in [-0.3, -0.25) is 4.21 Å². The van der Waals surface area contributed by atoms with Crippen LogP contribution in [-0.4, -0.2) is 16.6 Å². The van der Waals surface area contributed by atoms with Crippen LogP contribution >= 0.6 is 0 Å². The first-order chi connectivity index (χ1) is 13.1. The molecule has 1 atom stereocenters. The number of rotatable bonds is 5. The molecule has 0 saturated heterocycles. The molecule has 0 aliphatic rings. The van der Waals surface area contributed by atoms with Crippen molar-refractivity contribution in [1.29, 1.82) is 0 Å². The van der Waals surface area contributed by atoms with Crippen molar-refractivity contribution in [2.24, 2.45) is 0 Å². The van der Waals surface area contributed by atoms with Gasteiger partial charge in [-0.25, -0.2) is 12.4 Å². The molecule has 0 unspecified atom stereocenters. The summed E-state index contributed by atoms with van der Waals surface area (Å²) in [5, 5.41) is 0.793. The van der Waals surface area contributed by atoms with Crippen molar-refractivity contribution in [3.05, 3.63) is 96.7 Å². The van der Waals surface area contributed by atoms with Crippen LogP contribution in [0.25, 0.3) is 10.9 Å². The van der Waals surface area contributed by atoms with Gasteiger partial charge in [0, 0.05) is 16.5 Å². The monoisotopic (exact) mass is 395 g/mol. The van der Waals surface area contributed by atoms with Gasteiger partial charge in [-0.05, 0) is 42.0 Å². The van der Waals surface area contributed by atoms with E-state index < -0.39 is 20.8 Å². The SMILES string of the molecule is O=[S@](Cc1cccc2c1ccn2S(=O)(=O)c1ccccc1)c1ccccc1. The van der Waals surface area contributed by atoms with Crippen LogP contribution in [0.15, 0.2) is 101 Å². The maximum absolute atomic E-state index is 13.0. The Morgan fingerprint density at radius 2 is 1.44 bits per heavy atom. The smallest absolute Gasteiger partial charge is 0.254 e. The molecule has 0 aliphatic carbocycles. The molecule has 1 heterocycles. The lowest BCUT2D eigenvalue weighted by Gasteiger charge is -2.09. The summed E-state index contributed by atoms with van der Waals surface area (Å²) in [5.74, 6) is 0.330. The highest BCUT2D eigenvalue weighted by molar-refractivity contribution is 7.90. The van der Waals surface area contributed by atoms with E-state index in [9.17, 15) is 12.6 Å². The van der Waals surface area contributed by atoms with E-state index in [1.165, 1.54) is 3.97 Å². The van der Waals surface area contributed by atoms with E-state index in [1.54, 1.807) is 54.7 Å². The van der Waals surface area contributed by atoms with E-state index in [0.717, 1.165) is 15.8 Å². The number of benzene rings is 3. The number of nitrogens with zero attached hydrogens (tertiary/aromatic N) is 1. The third kappa shape index (κ3) is 3.34. The molecule has 0 fully saturated rings. The van der Waals surface area contributed by atoms with Crippen molar-refractivity contribution >= 4 is 31.7 Å². The van der Waals surface area contributed by atoms with Crippen molar-refractivity contribution in [3.63, 3.8) is 0 Å². The Labute approximate surface area is 160 Å². The van der Waals surface area contributed by atoms with E-state index in [-0.39, 0.29) is 4.90 Å². The zero-order chi connectivity index (χ0) is 18.9. The Morgan fingerprint density at radius 3 is 2.15 bits per heavy atom. The summed E-state index contributed by atoms with van der Waals surface area (Å²) < 4.78 is 39.9. The van der Waals surface area contributed by atoms with E-state index in [4.69, 9.17) is 0 Å². The Balaban J connectivity index is 1.76. The second kappa shape index (κ2) is 7.13. The standard InChI is InChI=1S/C21H17NO3S2/c23-26(18-9-3-1-4-10-18)16-17-8-7-13-21-20(17)14-15-22(21)27(24,25)19-11-5-2-6-12-19/h1-15H,16H2/t26-/m1/s1. The second-order valence-corrected chi connectivity index (χ2v) is 9.35. The second-order valence-electron chi connectivity index (χ2n) is 6.08. The lowest BCUT2D eigenvalue weighted by atomic mass is 10.1. The number of hydrogen-bond donors (Lipinski definition) is 0. The van der Waals surface area contributed by atoms with Crippen LogP contribution in [0.2, 0.25) is 0 Å². The van der Waals surface area contributed by atoms with E-state index >= 15 is 0 Å². The van der Waals surface area contributed by atoms with Crippen molar-refractivity contribution in [2.45, 2.75) is 15.5 Å². The fraction of sp³-hybridized carbons (Fsp3) is 0.0476. The predicted octanol–water partition coefficient (Wildman–Crippen LogP) is 4.19. The predicted molar refractivity (Wildman–Crippen MR) is 108 cm³/mol. The summed E-state index contributed by atoms with van der Waals surface area (Å²) in [6.45, 7) is 0. The van der Waals surface area contributed by atoms with Crippen molar-refractivity contribution in [3.8, 4) is 0 Å². The molecule has 4 nitrogen and oxygen atoms in total. The molecule has 0 aliphatic heterocycles. The molecule has 0 radical (unpaired) electrons. The molecular weight excluding hydrogens is 378 g/mol. The van der Waals surface area contributed by atoms with Crippen LogP contribution in [0.4, 0.5) is 0 Å². The minimum absolute atomic E-state index is 0.237. The number of aromatic nitrogens is 1. The van der Waals surface area contributed by atoms with Crippen LogP contribution in [0, 0.1) is 0 Å². The lowest BCUT2D eigenvalue weighted by molar-refractivity contribution is 0.589. The first-order valence-electron chi connectivity index (χ1n) is 8.40. The highest BCUT2D eigenvalue weighted by Gasteiger charge is 2.19. The normalized spacial score (nSPS) is 12.9. The zero-order valence-corrected chi connectivity index (χ0v) is 16.0. The molecule has 1 aromatic heterocycles. The average molecular weight is 396 g/mol. The summed E-state index contributed by atoms with van der Waals surface area (Å²) in [6.07, 6.45) is 1.56. The molecule has 136 valence electrons. The minimum atomic E-state index is -3.68. The first kappa shape index (κ1) is 17.7. The topological polar surface area (TPSA) is 56.1 Å². The highest BCUT2D eigenvalue weighted by atomic mass is 32.2. The minimum Gasteiger partial charge on any atom is -0.254 e. The van der Waals surface area contributed by atoms with Gasteiger partial charge in [-0.1, -0.05) is 48.5 Å².